The predicted octanol–water partition coefficient (Wildman–Crippen LogP) is 3.13. The summed E-state index contributed by atoms with van der Waals surface area (Å²) in [5.74, 6) is 0.701. The zero-order valence-corrected chi connectivity index (χ0v) is 12.6. The van der Waals surface area contributed by atoms with Crippen molar-refractivity contribution in [2.45, 2.75) is 32.2 Å². The lowest BCUT2D eigenvalue weighted by Crippen LogP contribution is -2.39. The van der Waals surface area contributed by atoms with Crippen molar-refractivity contribution >= 4 is 17.5 Å². The van der Waals surface area contributed by atoms with E-state index in [0.717, 1.165) is 30.7 Å². The van der Waals surface area contributed by atoms with Gasteiger partial charge in [0, 0.05) is 6.54 Å². The summed E-state index contributed by atoms with van der Waals surface area (Å²) in [4.78, 5) is 18.9. The van der Waals surface area contributed by atoms with Gasteiger partial charge in [-0.25, -0.2) is 4.98 Å². The lowest BCUT2D eigenvalue weighted by atomic mass is 10.00. The molecule has 1 aliphatic rings. The molecule has 1 fully saturated rings. The number of likely N-dealkylation sites (tertiary alicyclic amines) is 1. The molecular weight excluding hydrogens is 288 g/mol. The smallest absolute Gasteiger partial charge is 0.255 e. The van der Waals surface area contributed by atoms with E-state index in [0.29, 0.717) is 17.1 Å². The molecule has 1 amide bonds. The van der Waals surface area contributed by atoms with E-state index in [1.54, 1.807) is 6.07 Å². The van der Waals surface area contributed by atoms with Crippen LogP contribution in [0.25, 0.3) is 0 Å². The zero-order valence-electron chi connectivity index (χ0n) is 11.8. The highest BCUT2D eigenvalue weighted by Gasteiger charge is 2.31. The first-order valence-corrected chi connectivity index (χ1v) is 7.47. The first-order valence-electron chi connectivity index (χ1n) is 7.09. The predicted molar refractivity (Wildman–Crippen MR) is 80.2 cm³/mol. The molecule has 1 N–H and O–H groups in total. The molecule has 0 spiro atoms. The fourth-order valence-corrected chi connectivity index (χ4v) is 3.10. The number of aromatic nitrogens is 3. The average Bonchev–Trinajstić information content (AvgIpc) is 3.01. The summed E-state index contributed by atoms with van der Waals surface area (Å²) in [7, 11) is 0. The van der Waals surface area contributed by atoms with Crippen LogP contribution in [-0.2, 0) is 0 Å². The van der Waals surface area contributed by atoms with Crippen molar-refractivity contribution in [3.63, 3.8) is 0 Å². The van der Waals surface area contributed by atoms with Gasteiger partial charge in [-0.2, -0.15) is 5.10 Å². The summed E-state index contributed by atoms with van der Waals surface area (Å²) in [5.41, 5.74) is 1.59. The molecule has 1 aliphatic heterocycles. The Morgan fingerprint density at radius 3 is 3.00 bits per heavy atom. The Morgan fingerprint density at radius 1 is 1.43 bits per heavy atom. The van der Waals surface area contributed by atoms with Crippen LogP contribution >= 0.6 is 11.6 Å². The quantitative estimate of drug-likeness (QED) is 0.927. The molecule has 1 atom stereocenters. The maximum atomic E-state index is 12.8. The number of carbonyl (C=O) groups excluding carboxylic acids is 1. The average molecular weight is 305 g/mol. The first-order chi connectivity index (χ1) is 10.2. The van der Waals surface area contributed by atoms with Crippen LogP contribution in [0.4, 0.5) is 0 Å². The molecule has 3 rings (SSSR count). The van der Waals surface area contributed by atoms with Crippen LogP contribution in [0.1, 0.15) is 47.1 Å². The summed E-state index contributed by atoms with van der Waals surface area (Å²) in [6.07, 6.45) is 4.45. The van der Waals surface area contributed by atoms with Gasteiger partial charge in [-0.15, -0.1) is 0 Å². The molecule has 6 heteroatoms. The van der Waals surface area contributed by atoms with E-state index in [1.807, 2.05) is 24.0 Å². The molecule has 2 heterocycles. The van der Waals surface area contributed by atoms with Crippen molar-refractivity contribution < 1.29 is 4.79 Å². The second-order valence-electron chi connectivity index (χ2n) is 5.36. The Morgan fingerprint density at radius 2 is 2.29 bits per heavy atom. The first kappa shape index (κ1) is 14.1. The highest BCUT2D eigenvalue weighted by Crippen LogP contribution is 2.31. The molecule has 1 aromatic carbocycles. The molecule has 0 saturated carbocycles. The van der Waals surface area contributed by atoms with Crippen LogP contribution in [0.2, 0.25) is 5.02 Å². The van der Waals surface area contributed by atoms with Crippen LogP contribution in [0, 0.1) is 6.92 Å². The van der Waals surface area contributed by atoms with Crippen LogP contribution < -0.4 is 0 Å². The normalized spacial score (nSPS) is 18.8. The van der Waals surface area contributed by atoms with Gasteiger partial charge in [0.1, 0.15) is 12.2 Å². The summed E-state index contributed by atoms with van der Waals surface area (Å²) >= 11 is 6.23. The van der Waals surface area contributed by atoms with Gasteiger partial charge in [0.25, 0.3) is 5.91 Å². The number of benzene rings is 1. The number of hydrogen-bond donors (Lipinski definition) is 1. The fraction of sp³-hybridized carbons (Fsp3) is 0.400. The van der Waals surface area contributed by atoms with Crippen molar-refractivity contribution in [2.75, 3.05) is 6.54 Å². The summed E-state index contributed by atoms with van der Waals surface area (Å²) in [6.45, 7) is 2.67. The van der Waals surface area contributed by atoms with Gasteiger partial charge >= 0.3 is 0 Å². The molecule has 0 unspecified atom stereocenters. The Bertz CT molecular complexity index is 641. The number of nitrogens with zero attached hydrogens (tertiary/aromatic N) is 3. The number of aryl methyl sites for hydroxylation is 1. The van der Waals surface area contributed by atoms with Crippen LogP contribution in [0.15, 0.2) is 24.5 Å². The maximum Gasteiger partial charge on any atom is 0.255 e. The summed E-state index contributed by atoms with van der Waals surface area (Å²) < 4.78 is 0. The third kappa shape index (κ3) is 2.78. The van der Waals surface area contributed by atoms with Crippen LogP contribution in [0.3, 0.4) is 0 Å². The number of halogens is 1. The zero-order chi connectivity index (χ0) is 14.8. The number of piperidine rings is 1. The van der Waals surface area contributed by atoms with Gasteiger partial charge in [-0.3, -0.25) is 9.89 Å². The number of carbonyl (C=O) groups is 1. The number of nitrogens with one attached hydrogen (secondary N) is 1. The Hall–Kier alpha value is -1.88. The summed E-state index contributed by atoms with van der Waals surface area (Å²) in [5, 5.41) is 7.27. The van der Waals surface area contributed by atoms with Crippen LogP contribution in [0.5, 0.6) is 0 Å². The Kier molecular flexibility index (Phi) is 3.92. The van der Waals surface area contributed by atoms with E-state index in [4.69, 9.17) is 11.6 Å². The lowest BCUT2D eigenvalue weighted by Gasteiger charge is -2.34. The second-order valence-corrected chi connectivity index (χ2v) is 5.77. The topological polar surface area (TPSA) is 61.9 Å². The number of aromatic amines is 1. The SMILES string of the molecule is Cc1ccc(C(=O)N2CCCC[C@H]2c2ncn[nH]2)c(Cl)c1. The van der Waals surface area contributed by atoms with Gasteiger partial charge in [0.15, 0.2) is 0 Å². The number of H-pyrrole nitrogens is 1. The van der Waals surface area contributed by atoms with Crippen molar-refractivity contribution in [1.82, 2.24) is 20.1 Å². The number of rotatable bonds is 2. The molecule has 0 radical (unpaired) electrons. The minimum Gasteiger partial charge on any atom is -0.328 e. The number of hydrogen-bond acceptors (Lipinski definition) is 3. The Labute approximate surface area is 128 Å². The van der Waals surface area contributed by atoms with Gasteiger partial charge < -0.3 is 4.90 Å². The molecule has 110 valence electrons. The molecule has 0 bridgehead atoms. The van der Waals surface area contributed by atoms with E-state index in [9.17, 15) is 4.79 Å². The standard InChI is InChI=1S/C15H17ClN4O/c1-10-5-6-11(12(16)8-10)15(21)20-7-3-2-4-13(20)14-17-9-18-19-14/h5-6,8-9,13H,2-4,7H2,1H3,(H,17,18,19)/t13-/m0/s1. The fourth-order valence-electron chi connectivity index (χ4n) is 2.78. The maximum absolute atomic E-state index is 12.8. The van der Waals surface area contributed by atoms with Crippen molar-refractivity contribution in [1.29, 1.82) is 0 Å². The lowest BCUT2D eigenvalue weighted by molar-refractivity contribution is 0.0600. The third-order valence-electron chi connectivity index (χ3n) is 3.87. The molecule has 21 heavy (non-hydrogen) atoms. The van der Waals surface area contributed by atoms with Crippen LogP contribution in [-0.4, -0.2) is 32.5 Å². The van der Waals surface area contributed by atoms with E-state index in [2.05, 4.69) is 15.2 Å². The van der Waals surface area contributed by atoms with Gasteiger partial charge in [0.2, 0.25) is 0 Å². The summed E-state index contributed by atoms with van der Waals surface area (Å²) in [6, 6.07) is 5.48. The van der Waals surface area contributed by atoms with Gasteiger partial charge in [0.05, 0.1) is 16.6 Å². The molecule has 1 saturated heterocycles. The third-order valence-corrected chi connectivity index (χ3v) is 4.18. The Balaban J connectivity index is 1.91. The van der Waals surface area contributed by atoms with E-state index >= 15 is 0 Å². The highest BCUT2D eigenvalue weighted by molar-refractivity contribution is 6.33. The van der Waals surface area contributed by atoms with E-state index in [-0.39, 0.29) is 11.9 Å². The largest absolute Gasteiger partial charge is 0.328 e. The van der Waals surface area contributed by atoms with Gasteiger partial charge in [-0.05, 0) is 43.9 Å². The minimum absolute atomic E-state index is 0.0406. The van der Waals surface area contributed by atoms with Crippen molar-refractivity contribution in [3.05, 3.63) is 46.5 Å². The molecular formula is C15H17ClN4O. The highest BCUT2D eigenvalue weighted by atomic mass is 35.5. The monoisotopic (exact) mass is 304 g/mol. The molecule has 0 aliphatic carbocycles. The molecule has 2 aromatic rings. The van der Waals surface area contributed by atoms with Gasteiger partial charge in [-0.1, -0.05) is 17.7 Å². The van der Waals surface area contributed by atoms with E-state index < -0.39 is 0 Å². The second kappa shape index (κ2) is 5.85. The van der Waals surface area contributed by atoms with Crippen molar-refractivity contribution in [3.8, 4) is 0 Å². The minimum atomic E-state index is -0.0499. The number of amides is 1. The van der Waals surface area contributed by atoms with Crippen molar-refractivity contribution in [2.24, 2.45) is 0 Å². The molecule has 5 nitrogen and oxygen atoms in total. The molecule has 1 aromatic heterocycles. The van der Waals surface area contributed by atoms with E-state index in [1.165, 1.54) is 6.33 Å².